The Bertz CT molecular complexity index is 1120. The van der Waals surface area contributed by atoms with Gasteiger partial charge in [-0.05, 0) is 55.3 Å². The lowest BCUT2D eigenvalue weighted by molar-refractivity contribution is 0.0979. The predicted molar refractivity (Wildman–Crippen MR) is 105 cm³/mol. The zero-order chi connectivity index (χ0) is 19.0. The third-order valence-electron chi connectivity index (χ3n) is 4.55. The van der Waals surface area contributed by atoms with Crippen LogP contribution in [0.1, 0.15) is 27.2 Å². The molecule has 4 rings (SSSR count). The summed E-state index contributed by atoms with van der Waals surface area (Å²) < 4.78 is 20.6. The number of amides is 1. The third-order valence-corrected chi connectivity index (χ3v) is 5.59. The van der Waals surface area contributed by atoms with Crippen molar-refractivity contribution >= 4 is 32.6 Å². The number of aromatic nitrogens is 1. The summed E-state index contributed by atoms with van der Waals surface area (Å²) in [5.41, 5.74) is 3.08. The fourth-order valence-corrected chi connectivity index (χ4v) is 3.92. The van der Waals surface area contributed by atoms with Crippen LogP contribution in [0.15, 0.2) is 59.2 Å². The van der Waals surface area contributed by atoms with Gasteiger partial charge >= 0.3 is 0 Å². The molecule has 0 unspecified atom stereocenters. The molecule has 0 aliphatic rings. The molecule has 6 heteroatoms. The molecule has 0 atom stereocenters. The van der Waals surface area contributed by atoms with Crippen LogP contribution in [0.25, 0.3) is 10.2 Å². The lowest BCUT2D eigenvalue weighted by atomic mass is 10.1. The topological polar surface area (TPSA) is 46.3 Å². The maximum Gasteiger partial charge on any atom is 0.263 e. The van der Waals surface area contributed by atoms with E-state index < -0.39 is 11.7 Å². The smallest absolute Gasteiger partial charge is 0.263 e. The van der Waals surface area contributed by atoms with Gasteiger partial charge in [-0.15, -0.1) is 0 Å². The van der Waals surface area contributed by atoms with Crippen LogP contribution in [0.5, 0.6) is 0 Å². The van der Waals surface area contributed by atoms with E-state index in [1.807, 2.05) is 26.0 Å². The SMILES string of the molecule is Cc1ccc2sc(N(Cc3ccco3)C(=O)c3ccccc3F)nc2c1C. The van der Waals surface area contributed by atoms with Crippen LogP contribution in [-0.4, -0.2) is 10.9 Å². The minimum absolute atomic E-state index is 0.0104. The van der Waals surface area contributed by atoms with Crippen LogP contribution >= 0.6 is 11.3 Å². The monoisotopic (exact) mass is 380 g/mol. The highest BCUT2D eigenvalue weighted by Gasteiger charge is 2.25. The molecule has 0 saturated carbocycles. The zero-order valence-electron chi connectivity index (χ0n) is 14.9. The summed E-state index contributed by atoms with van der Waals surface area (Å²) in [6, 6.07) is 13.5. The van der Waals surface area contributed by atoms with Crippen LogP contribution in [0.2, 0.25) is 0 Å². The quantitative estimate of drug-likeness (QED) is 0.470. The van der Waals surface area contributed by atoms with E-state index in [9.17, 15) is 9.18 Å². The molecule has 4 nitrogen and oxygen atoms in total. The van der Waals surface area contributed by atoms with E-state index in [2.05, 4.69) is 4.98 Å². The van der Waals surface area contributed by atoms with Crippen molar-refractivity contribution in [3.05, 3.63) is 83.1 Å². The maximum atomic E-state index is 14.2. The third kappa shape index (κ3) is 3.24. The average Bonchev–Trinajstić information content (AvgIpc) is 3.32. The highest BCUT2D eigenvalue weighted by Crippen LogP contribution is 2.33. The van der Waals surface area contributed by atoms with Gasteiger partial charge in [0.1, 0.15) is 11.6 Å². The summed E-state index contributed by atoms with van der Waals surface area (Å²) in [6.07, 6.45) is 1.55. The van der Waals surface area contributed by atoms with Gasteiger partial charge < -0.3 is 4.42 Å². The van der Waals surface area contributed by atoms with Crippen molar-refractivity contribution in [1.82, 2.24) is 4.98 Å². The summed E-state index contributed by atoms with van der Waals surface area (Å²) >= 11 is 1.41. The van der Waals surface area contributed by atoms with Crippen LogP contribution in [0, 0.1) is 19.7 Å². The van der Waals surface area contributed by atoms with Crippen molar-refractivity contribution in [1.29, 1.82) is 0 Å². The molecular weight excluding hydrogens is 363 g/mol. The zero-order valence-corrected chi connectivity index (χ0v) is 15.7. The molecule has 27 heavy (non-hydrogen) atoms. The van der Waals surface area contributed by atoms with Gasteiger partial charge in [0, 0.05) is 0 Å². The molecule has 136 valence electrons. The van der Waals surface area contributed by atoms with E-state index in [4.69, 9.17) is 4.42 Å². The number of rotatable bonds is 4. The fraction of sp³-hybridized carbons (Fsp3) is 0.143. The Balaban J connectivity index is 1.82. The van der Waals surface area contributed by atoms with Crippen LogP contribution in [-0.2, 0) is 6.54 Å². The van der Waals surface area contributed by atoms with Crippen molar-refractivity contribution < 1.29 is 13.6 Å². The second-order valence-electron chi connectivity index (χ2n) is 6.30. The van der Waals surface area contributed by atoms with Gasteiger partial charge in [0.15, 0.2) is 5.13 Å². The number of carbonyl (C=O) groups is 1. The molecule has 0 saturated heterocycles. The average molecular weight is 380 g/mol. The minimum atomic E-state index is -0.555. The normalized spacial score (nSPS) is 11.1. The molecule has 0 fully saturated rings. The number of furan rings is 1. The summed E-state index contributed by atoms with van der Waals surface area (Å²) in [5, 5.41) is 0.517. The largest absolute Gasteiger partial charge is 0.467 e. The molecule has 2 heterocycles. The van der Waals surface area contributed by atoms with E-state index in [1.165, 1.54) is 28.4 Å². The second-order valence-corrected chi connectivity index (χ2v) is 7.31. The van der Waals surface area contributed by atoms with E-state index in [-0.39, 0.29) is 12.1 Å². The van der Waals surface area contributed by atoms with Gasteiger partial charge in [-0.2, -0.15) is 0 Å². The first-order valence-electron chi connectivity index (χ1n) is 8.50. The number of aryl methyl sites for hydroxylation is 2. The molecule has 0 spiro atoms. The lowest BCUT2D eigenvalue weighted by Crippen LogP contribution is -2.30. The molecule has 1 amide bonds. The van der Waals surface area contributed by atoms with E-state index in [1.54, 1.807) is 30.5 Å². The van der Waals surface area contributed by atoms with Crippen molar-refractivity contribution in [2.75, 3.05) is 4.90 Å². The van der Waals surface area contributed by atoms with E-state index in [0.717, 1.165) is 21.3 Å². The molecule has 2 aromatic carbocycles. The first-order chi connectivity index (χ1) is 13.0. The Labute approximate surface area is 159 Å². The first-order valence-corrected chi connectivity index (χ1v) is 9.32. The molecular formula is C21H17FN2O2S. The molecule has 0 aliphatic heterocycles. The minimum Gasteiger partial charge on any atom is -0.467 e. The number of anilines is 1. The molecule has 0 aliphatic carbocycles. The fourth-order valence-electron chi connectivity index (χ4n) is 2.89. The van der Waals surface area contributed by atoms with E-state index >= 15 is 0 Å². The number of carbonyl (C=O) groups excluding carboxylic acids is 1. The van der Waals surface area contributed by atoms with E-state index in [0.29, 0.717) is 10.9 Å². The Kier molecular flexibility index (Phi) is 4.49. The number of halogens is 1. The van der Waals surface area contributed by atoms with Gasteiger partial charge in [-0.25, -0.2) is 9.37 Å². The van der Waals surface area contributed by atoms with Crippen LogP contribution in [0.3, 0.4) is 0 Å². The van der Waals surface area contributed by atoms with Crippen LogP contribution < -0.4 is 4.90 Å². The Morgan fingerprint density at radius 3 is 2.70 bits per heavy atom. The van der Waals surface area contributed by atoms with Crippen LogP contribution in [0.4, 0.5) is 9.52 Å². The van der Waals surface area contributed by atoms with Gasteiger partial charge in [0.25, 0.3) is 5.91 Å². The number of fused-ring (bicyclic) bond motifs is 1. The summed E-state index contributed by atoms with van der Waals surface area (Å²) in [6.45, 7) is 4.22. The molecule has 0 N–H and O–H groups in total. The highest BCUT2D eigenvalue weighted by atomic mass is 32.1. The molecule has 0 bridgehead atoms. The first kappa shape index (κ1) is 17.4. The molecule has 2 aromatic heterocycles. The predicted octanol–water partition coefficient (Wildman–Crippen LogP) is 5.49. The van der Waals surface area contributed by atoms with Gasteiger partial charge in [0.05, 0.1) is 28.6 Å². The molecule has 0 radical (unpaired) electrons. The van der Waals surface area contributed by atoms with Crippen molar-refractivity contribution in [2.45, 2.75) is 20.4 Å². The number of benzene rings is 2. The Morgan fingerprint density at radius 1 is 1.15 bits per heavy atom. The maximum absolute atomic E-state index is 14.2. The van der Waals surface area contributed by atoms with Gasteiger partial charge in [-0.1, -0.05) is 29.5 Å². The second kappa shape index (κ2) is 6.96. The van der Waals surface area contributed by atoms with Crippen molar-refractivity contribution in [3.63, 3.8) is 0 Å². The molecule has 4 aromatic rings. The van der Waals surface area contributed by atoms with Crippen molar-refractivity contribution in [2.24, 2.45) is 0 Å². The van der Waals surface area contributed by atoms with Gasteiger partial charge in [0.2, 0.25) is 0 Å². The highest BCUT2D eigenvalue weighted by molar-refractivity contribution is 7.22. The van der Waals surface area contributed by atoms with Crippen molar-refractivity contribution in [3.8, 4) is 0 Å². The Morgan fingerprint density at radius 2 is 1.96 bits per heavy atom. The Hall–Kier alpha value is -2.99. The number of nitrogens with zero attached hydrogens (tertiary/aromatic N) is 2. The number of hydrogen-bond acceptors (Lipinski definition) is 4. The summed E-state index contributed by atoms with van der Waals surface area (Å²) in [5.74, 6) is -0.398. The van der Waals surface area contributed by atoms with Gasteiger partial charge in [-0.3, -0.25) is 9.69 Å². The summed E-state index contributed by atoms with van der Waals surface area (Å²) in [7, 11) is 0. The number of hydrogen-bond donors (Lipinski definition) is 0. The summed E-state index contributed by atoms with van der Waals surface area (Å²) in [4.78, 5) is 19.3. The lowest BCUT2D eigenvalue weighted by Gasteiger charge is -2.19. The number of thiazole rings is 1. The standard InChI is InChI=1S/C21H17FN2O2S/c1-13-9-10-18-19(14(13)2)23-21(27-18)24(12-15-6-5-11-26-15)20(25)16-7-3-4-8-17(16)22/h3-11H,12H2,1-2H3.